The molecule has 1 rings (SSSR count). The summed E-state index contributed by atoms with van der Waals surface area (Å²) in [4.78, 5) is 11.6. The van der Waals surface area contributed by atoms with Crippen molar-refractivity contribution < 1.29 is 4.79 Å². The Kier molecular flexibility index (Phi) is 3.94. The highest BCUT2D eigenvalue weighted by Gasteiger charge is 2.15. The van der Waals surface area contributed by atoms with E-state index in [1.165, 1.54) is 0 Å². The van der Waals surface area contributed by atoms with Crippen molar-refractivity contribution in [1.29, 1.82) is 0 Å². The molecule has 84 valence electrons. The van der Waals surface area contributed by atoms with Crippen LogP contribution in [-0.4, -0.2) is 21.2 Å². The van der Waals surface area contributed by atoms with Gasteiger partial charge < -0.3 is 5.32 Å². The normalized spacial score (nSPS) is 11.5. The number of carbonyl (C=O) groups is 1. The molecule has 4 nitrogen and oxygen atoms in total. The van der Waals surface area contributed by atoms with Crippen LogP contribution in [0.1, 0.15) is 20.8 Å². The number of hydrogen-bond acceptors (Lipinski definition) is 2. The predicted octanol–water partition coefficient (Wildman–Crippen LogP) is 2.32. The minimum Gasteiger partial charge on any atom is -0.350 e. The summed E-state index contributed by atoms with van der Waals surface area (Å²) in [5.41, 5.74) is -0.214. The van der Waals surface area contributed by atoms with E-state index in [0.717, 1.165) is 4.60 Å². The van der Waals surface area contributed by atoms with E-state index >= 15 is 0 Å². The number of nitrogens with zero attached hydrogens (tertiary/aromatic N) is 2. The molecule has 0 radical (unpaired) electrons. The van der Waals surface area contributed by atoms with Gasteiger partial charge in [0.15, 0.2) is 0 Å². The predicted molar refractivity (Wildman–Crippen MR) is 65.5 cm³/mol. The van der Waals surface area contributed by atoms with Crippen molar-refractivity contribution in [3.05, 3.63) is 15.3 Å². The molecule has 6 heteroatoms. The number of nitrogens with one attached hydrogen (secondary N) is 1. The second kappa shape index (κ2) is 4.65. The van der Waals surface area contributed by atoms with Crippen molar-refractivity contribution in [3.63, 3.8) is 0 Å². The largest absolute Gasteiger partial charge is 0.350 e. The molecule has 0 atom stereocenters. The molecule has 0 aliphatic carbocycles. The van der Waals surface area contributed by atoms with E-state index in [0.29, 0.717) is 4.60 Å². The Bertz CT molecular complexity index is 368. The molecule has 0 saturated heterocycles. The van der Waals surface area contributed by atoms with Crippen LogP contribution in [0.25, 0.3) is 0 Å². The van der Waals surface area contributed by atoms with Gasteiger partial charge in [-0.25, -0.2) is 4.68 Å². The van der Waals surface area contributed by atoms with Gasteiger partial charge in [0.25, 0.3) is 0 Å². The van der Waals surface area contributed by atoms with E-state index in [1.807, 2.05) is 20.8 Å². The summed E-state index contributed by atoms with van der Waals surface area (Å²) in [5.74, 6) is -0.0567. The topological polar surface area (TPSA) is 46.9 Å². The number of hydrogen-bond donors (Lipinski definition) is 1. The molecule has 0 aromatic carbocycles. The maximum Gasteiger partial charge on any atom is 0.242 e. The summed E-state index contributed by atoms with van der Waals surface area (Å²) < 4.78 is 3.07. The molecule has 1 heterocycles. The van der Waals surface area contributed by atoms with Crippen LogP contribution in [-0.2, 0) is 11.3 Å². The van der Waals surface area contributed by atoms with Crippen molar-refractivity contribution in [2.45, 2.75) is 32.9 Å². The molecule has 1 aromatic rings. The Labute approximate surface area is 106 Å². The molecule has 0 aliphatic heterocycles. The van der Waals surface area contributed by atoms with Crippen LogP contribution in [0, 0.1) is 0 Å². The molecule has 0 unspecified atom stereocenters. The fourth-order valence-electron chi connectivity index (χ4n) is 1.07. The van der Waals surface area contributed by atoms with Crippen molar-refractivity contribution in [3.8, 4) is 0 Å². The molecule has 0 saturated carbocycles. The average Bonchev–Trinajstić information content (AvgIpc) is 2.25. The van der Waals surface area contributed by atoms with Gasteiger partial charge in [-0.05, 0) is 52.6 Å². The first-order valence-corrected chi connectivity index (χ1v) is 6.06. The van der Waals surface area contributed by atoms with Crippen LogP contribution in [0.3, 0.4) is 0 Å². The van der Waals surface area contributed by atoms with Gasteiger partial charge in [0.05, 0.1) is 0 Å². The lowest BCUT2D eigenvalue weighted by molar-refractivity contribution is -0.123. The van der Waals surface area contributed by atoms with E-state index in [1.54, 1.807) is 10.7 Å². The fourth-order valence-corrected chi connectivity index (χ4v) is 2.21. The molecular weight excluding hydrogens is 326 g/mol. The smallest absolute Gasteiger partial charge is 0.242 e. The Hall–Kier alpha value is -0.360. The monoisotopic (exact) mass is 337 g/mol. The van der Waals surface area contributed by atoms with Crippen LogP contribution >= 0.6 is 31.9 Å². The minimum absolute atomic E-state index is 0.0567. The number of aromatic nitrogens is 2. The Morgan fingerprint density at radius 1 is 1.53 bits per heavy atom. The summed E-state index contributed by atoms with van der Waals surface area (Å²) in [6.45, 7) is 6.04. The van der Waals surface area contributed by atoms with Crippen LogP contribution < -0.4 is 5.32 Å². The van der Waals surface area contributed by atoms with Crippen LogP contribution in [0.15, 0.2) is 15.3 Å². The van der Waals surface area contributed by atoms with E-state index in [9.17, 15) is 4.79 Å². The molecule has 0 bridgehead atoms. The van der Waals surface area contributed by atoms with Gasteiger partial charge in [0, 0.05) is 11.6 Å². The Balaban J connectivity index is 2.63. The lowest BCUT2D eigenvalue weighted by Crippen LogP contribution is -2.42. The Morgan fingerprint density at radius 3 is 2.53 bits per heavy atom. The Morgan fingerprint density at radius 2 is 2.13 bits per heavy atom. The zero-order chi connectivity index (χ0) is 11.6. The third-order valence-electron chi connectivity index (χ3n) is 1.51. The molecule has 0 fully saturated rings. The van der Waals surface area contributed by atoms with E-state index in [-0.39, 0.29) is 18.0 Å². The summed E-state index contributed by atoms with van der Waals surface area (Å²) >= 11 is 6.56. The first kappa shape index (κ1) is 12.7. The lowest BCUT2D eigenvalue weighted by atomic mass is 10.1. The average molecular weight is 339 g/mol. The maximum absolute atomic E-state index is 11.6. The van der Waals surface area contributed by atoms with Crippen LogP contribution in [0.4, 0.5) is 0 Å². The van der Waals surface area contributed by atoms with Crippen molar-refractivity contribution in [1.82, 2.24) is 15.1 Å². The molecule has 0 spiro atoms. The van der Waals surface area contributed by atoms with Gasteiger partial charge in [-0.2, -0.15) is 5.10 Å². The number of rotatable bonds is 2. The van der Waals surface area contributed by atoms with E-state index in [2.05, 4.69) is 42.3 Å². The standard InChI is InChI=1S/C9H13Br2N3O/c1-9(2,3)12-8(15)5-14-7(11)4-6(10)13-14/h4H,5H2,1-3H3,(H,12,15). The maximum atomic E-state index is 11.6. The van der Waals surface area contributed by atoms with Crippen molar-refractivity contribution in [2.75, 3.05) is 0 Å². The van der Waals surface area contributed by atoms with E-state index < -0.39 is 0 Å². The van der Waals surface area contributed by atoms with Gasteiger partial charge in [0.1, 0.15) is 15.8 Å². The van der Waals surface area contributed by atoms with Gasteiger partial charge in [-0.1, -0.05) is 0 Å². The third-order valence-corrected chi connectivity index (χ3v) is 2.53. The molecule has 0 aliphatic rings. The number of halogens is 2. The highest BCUT2D eigenvalue weighted by Crippen LogP contribution is 2.16. The zero-order valence-corrected chi connectivity index (χ0v) is 12.0. The molecule has 1 aromatic heterocycles. The second-order valence-electron chi connectivity index (χ2n) is 4.25. The zero-order valence-electron chi connectivity index (χ0n) is 8.84. The van der Waals surface area contributed by atoms with Gasteiger partial charge in [0.2, 0.25) is 5.91 Å². The van der Waals surface area contributed by atoms with Gasteiger partial charge in [-0.3, -0.25) is 4.79 Å². The molecule has 1 N–H and O–H groups in total. The minimum atomic E-state index is -0.214. The van der Waals surface area contributed by atoms with Gasteiger partial charge in [-0.15, -0.1) is 0 Å². The highest BCUT2D eigenvalue weighted by atomic mass is 79.9. The molecule has 1 amide bonds. The van der Waals surface area contributed by atoms with Crippen molar-refractivity contribution in [2.24, 2.45) is 0 Å². The van der Waals surface area contributed by atoms with E-state index in [4.69, 9.17) is 0 Å². The fraction of sp³-hybridized carbons (Fsp3) is 0.556. The van der Waals surface area contributed by atoms with Gasteiger partial charge >= 0.3 is 0 Å². The number of amides is 1. The first-order chi connectivity index (χ1) is 6.78. The van der Waals surface area contributed by atoms with Crippen LogP contribution in [0.2, 0.25) is 0 Å². The summed E-state index contributed by atoms with van der Waals surface area (Å²) in [6, 6.07) is 1.80. The first-order valence-electron chi connectivity index (χ1n) is 4.48. The summed E-state index contributed by atoms with van der Waals surface area (Å²) in [5, 5.41) is 6.97. The quantitative estimate of drug-likeness (QED) is 0.899. The third kappa shape index (κ3) is 4.34. The molecule has 15 heavy (non-hydrogen) atoms. The van der Waals surface area contributed by atoms with Crippen LogP contribution in [0.5, 0.6) is 0 Å². The van der Waals surface area contributed by atoms with Crippen molar-refractivity contribution >= 4 is 37.8 Å². The summed E-state index contributed by atoms with van der Waals surface area (Å²) in [7, 11) is 0. The second-order valence-corrected chi connectivity index (χ2v) is 5.87. The number of carbonyl (C=O) groups excluding carboxylic acids is 1. The summed E-state index contributed by atoms with van der Waals surface area (Å²) in [6.07, 6.45) is 0. The molecular formula is C9H13Br2N3O. The SMILES string of the molecule is CC(C)(C)NC(=O)Cn1nc(Br)cc1Br. The lowest BCUT2D eigenvalue weighted by Gasteiger charge is -2.20. The highest BCUT2D eigenvalue weighted by molar-refractivity contribution is 9.11.